The Morgan fingerprint density at radius 2 is 2.20 bits per heavy atom. The fourth-order valence-corrected chi connectivity index (χ4v) is 3.12. The number of nitrogens with zero attached hydrogens (tertiary/aromatic N) is 1. The van der Waals surface area contributed by atoms with Crippen LogP contribution in [0.2, 0.25) is 0 Å². The molecule has 0 saturated heterocycles. The first-order chi connectivity index (χ1) is 9.56. The summed E-state index contributed by atoms with van der Waals surface area (Å²) in [5.41, 5.74) is 1.26. The van der Waals surface area contributed by atoms with Crippen LogP contribution >= 0.6 is 11.3 Å². The minimum atomic E-state index is -0.0773. The first kappa shape index (κ1) is 15.0. The van der Waals surface area contributed by atoms with Crippen LogP contribution in [0.5, 0.6) is 0 Å². The Kier molecular flexibility index (Phi) is 5.14. The van der Waals surface area contributed by atoms with Gasteiger partial charge in [0, 0.05) is 24.0 Å². The number of fused-ring (bicyclic) bond motifs is 1. The molecule has 2 rings (SSSR count). The number of hydrogen-bond donors (Lipinski definition) is 2. The normalized spacial score (nSPS) is 14.2. The molecule has 6 heteroatoms. The lowest BCUT2D eigenvalue weighted by Crippen LogP contribution is -2.44. The topological polar surface area (TPSA) is 61.4 Å². The fraction of sp³-hybridized carbons (Fsp3) is 0.571. The molecule has 0 aliphatic carbocycles. The van der Waals surface area contributed by atoms with Crippen LogP contribution in [0.3, 0.4) is 0 Å². The molecule has 1 aliphatic heterocycles. The number of nitrogens with one attached hydrogen (secondary N) is 2. The molecule has 0 aromatic carbocycles. The van der Waals surface area contributed by atoms with E-state index in [4.69, 9.17) is 0 Å². The summed E-state index contributed by atoms with van der Waals surface area (Å²) in [6, 6.07) is 2.21. The van der Waals surface area contributed by atoms with Crippen LogP contribution in [0.1, 0.15) is 24.3 Å². The number of hydrogen-bond acceptors (Lipinski definition) is 4. The molecule has 0 saturated carbocycles. The maximum atomic E-state index is 12.1. The minimum Gasteiger partial charge on any atom is -0.353 e. The van der Waals surface area contributed by atoms with Crippen molar-refractivity contribution in [3.05, 3.63) is 21.9 Å². The highest BCUT2D eigenvalue weighted by atomic mass is 32.1. The molecular formula is C14H21N3O2S. The third-order valence-corrected chi connectivity index (χ3v) is 4.19. The van der Waals surface area contributed by atoms with Gasteiger partial charge in [-0.15, -0.1) is 11.3 Å². The Hall–Kier alpha value is -1.40. The maximum absolute atomic E-state index is 12.1. The lowest BCUT2D eigenvalue weighted by molar-refractivity contribution is -0.131. The summed E-state index contributed by atoms with van der Waals surface area (Å²) in [6.07, 6.45) is 0.937. The number of carbonyl (C=O) groups excluding carboxylic acids is 2. The number of carbonyl (C=O) groups is 2. The van der Waals surface area contributed by atoms with E-state index in [2.05, 4.69) is 22.1 Å². The molecule has 0 atom stereocenters. The third kappa shape index (κ3) is 4.05. The lowest BCUT2D eigenvalue weighted by atomic mass is 10.1. The molecule has 20 heavy (non-hydrogen) atoms. The molecule has 5 nitrogen and oxygen atoms in total. The van der Waals surface area contributed by atoms with Crippen molar-refractivity contribution in [2.24, 2.45) is 0 Å². The van der Waals surface area contributed by atoms with Crippen LogP contribution in [0.15, 0.2) is 11.4 Å². The third-order valence-electron chi connectivity index (χ3n) is 3.17. The van der Waals surface area contributed by atoms with Gasteiger partial charge in [-0.25, -0.2) is 0 Å². The van der Waals surface area contributed by atoms with E-state index in [-0.39, 0.29) is 30.9 Å². The molecule has 0 unspecified atom stereocenters. The van der Waals surface area contributed by atoms with E-state index in [1.165, 1.54) is 10.4 Å². The molecule has 0 radical (unpaired) electrons. The molecule has 1 aromatic rings. The highest BCUT2D eigenvalue weighted by Crippen LogP contribution is 2.23. The van der Waals surface area contributed by atoms with Crippen molar-refractivity contribution in [1.82, 2.24) is 15.5 Å². The average molecular weight is 295 g/mol. The predicted octanol–water partition coefficient (Wildman–Crippen LogP) is 0.747. The standard InChI is InChI=1S/C14H21N3O2S/c1-10(2)16-13(18)7-15-8-14(19)17-5-3-12-11(9-17)4-6-20-12/h4,6,10,15H,3,5,7-9H2,1-2H3,(H,16,18). The molecule has 2 heterocycles. The summed E-state index contributed by atoms with van der Waals surface area (Å²) in [5, 5.41) is 7.76. The molecule has 110 valence electrons. The van der Waals surface area contributed by atoms with Gasteiger partial charge in [0.05, 0.1) is 13.1 Å². The van der Waals surface area contributed by atoms with Gasteiger partial charge in [-0.1, -0.05) is 0 Å². The van der Waals surface area contributed by atoms with Crippen LogP contribution < -0.4 is 10.6 Å². The zero-order valence-corrected chi connectivity index (χ0v) is 12.8. The summed E-state index contributed by atoms with van der Waals surface area (Å²) >= 11 is 1.76. The van der Waals surface area contributed by atoms with Gasteiger partial charge in [0.2, 0.25) is 11.8 Å². The van der Waals surface area contributed by atoms with Gasteiger partial charge >= 0.3 is 0 Å². The van der Waals surface area contributed by atoms with Crippen LogP contribution in [-0.4, -0.2) is 42.4 Å². The first-order valence-corrected chi connectivity index (χ1v) is 7.77. The van der Waals surface area contributed by atoms with Gasteiger partial charge in [0.15, 0.2) is 0 Å². The second kappa shape index (κ2) is 6.85. The summed E-state index contributed by atoms with van der Waals surface area (Å²) in [5.74, 6) is -0.0224. The highest BCUT2D eigenvalue weighted by Gasteiger charge is 2.21. The molecule has 0 spiro atoms. The first-order valence-electron chi connectivity index (χ1n) is 6.89. The van der Waals surface area contributed by atoms with E-state index < -0.39 is 0 Å². The van der Waals surface area contributed by atoms with Crippen molar-refractivity contribution in [3.63, 3.8) is 0 Å². The van der Waals surface area contributed by atoms with Crippen LogP contribution in [0.4, 0.5) is 0 Å². The molecular weight excluding hydrogens is 274 g/mol. The summed E-state index contributed by atoms with van der Waals surface area (Å²) in [4.78, 5) is 26.7. The Bertz CT molecular complexity index is 485. The Labute approximate surface area is 123 Å². The largest absolute Gasteiger partial charge is 0.353 e. The van der Waals surface area contributed by atoms with Crippen LogP contribution in [0.25, 0.3) is 0 Å². The molecule has 1 aliphatic rings. The van der Waals surface area contributed by atoms with E-state index in [1.807, 2.05) is 18.7 Å². The van der Waals surface area contributed by atoms with Crippen molar-refractivity contribution in [3.8, 4) is 0 Å². The Morgan fingerprint density at radius 1 is 1.40 bits per heavy atom. The lowest BCUT2D eigenvalue weighted by Gasteiger charge is -2.27. The molecule has 2 amide bonds. The van der Waals surface area contributed by atoms with Crippen molar-refractivity contribution in [2.75, 3.05) is 19.6 Å². The van der Waals surface area contributed by atoms with Crippen LogP contribution in [-0.2, 0) is 22.6 Å². The zero-order chi connectivity index (χ0) is 14.5. The van der Waals surface area contributed by atoms with Crippen molar-refractivity contribution >= 4 is 23.2 Å². The van der Waals surface area contributed by atoms with Gasteiger partial charge < -0.3 is 10.2 Å². The quantitative estimate of drug-likeness (QED) is 0.842. The molecule has 1 aromatic heterocycles. The predicted molar refractivity (Wildman–Crippen MR) is 79.6 cm³/mol. The van der Waals surface area contributed by atoms with Crippen LogP contribution in [0, 0.1) is 0 Å². The monoisotopic (exact) mass is 295 g/mol. The Balaban J connectivity index is 1.72. The van der Waals surface area contributed by atoms with E-state index in [0.29, 0.717) is 6.54 Å². The van der Waals surface area contributed by atoms with Gasteiger partial charge in [-0.3, -0.25) is 14.9 Å². The van der Waals surface area contributed by atoms with E-state index >= 15 is 0 Å². The summed E-state index contributed by atoms with van der Waals surface area (Å²) in [6.45, 7) is 5.68. The molecule has 2 N–H and O–H groups in total. The fourth-order valence-electron chi connectivity index (χ4n) is 2.23. The molecule has 0 fully saturated rings. The van der Waals surface area contributed by atoms with E-state index in [1.54, 1.807) is 11.3 Å². The van der Waals surface area contributed by atoms with E-state index in [9.17, 15) is 9.59 Å². The number of thiophene rings is 1. The van der Waals surface area contributed by atoms with Gasteiger partial charge in [0.25, 0.3) is 0 Å². The minimum absolute atomic E-state index is 0.0548. The average Bonchev–Trinajstić information content (AvgIpc) is 2.84. The van der Waals surface area contributed by atoms with Crippen molar-refractivity contribution in [1.29, 1.82) is 0 Å². The molecule has 0 bridgehead atoms. The maximum Gasteiger partial charge on any atom is 0.236 e. The van der Waals surface area contributed by atoms with Crippen molar-refractivity contribution < 1.29 is 9.59 Å². The summed E-state index contributed by atoms with van der Waals surface area (Å²) in [7, 11) is 0. The smallest absolute Gasteiger partial charge is 0.236 e. The van der Waals surface area contributed by atoms with E-state index in [0.717, 1.165) is 13.0 Å². The second-order valence-corrected chi connectivity index (χ2v) is 6.26. The Morgan fingerprint density at radius 3 is 2.95 bits per heavy atom. The number of rotatable bonds is 5. The SMILES string of the molecule is CC(C)NC(=O)CNCC(=O)N1CCc2sccc2C1. The van der Waals surface area contributed by atoms with Crippen molar-refractivity contribution in [2.45, 2.75) is 32.9 Å². The number of amides is 2. The zero-order valence-electron chi connectivity index (χ0n) is 11.9. The van der Waals surface area contributed by atoms with Gasteiger partial charge in [0.1, 0.15) is 0 Å². The second-order valence-electron chi connectivity index (χ2n) is 5.26. The van der Waals surface area contributed by atoms with Gasteiger partial charge in [-0.05, 0) is 37.3 Å². The summed E-state index contributed by atoms with van der Waals surface area (Å²) < 4.78 is 0. The highest BCUT2D eigenvalue weighted by molar-refractivity contribution is 7.10. The van der Waals surface area contributed by atoms with Gasteiger partial charge in [-0.2, -0.15) is 0 Å².